The number of halogens is 2. The van der Waals surface area contributed by atoms with Crippen LogP contribution in [0.3, 0.4) is 0 Å². The highest BCUT2D eigenvalue weighted by molar-refractivity contribution is 6.36. The number of amides is 2. The van der Waals surface area contributed by atoms with Gasteiger partial charge >= 0.3 is 6.09 Å². The summed E-state index contributed by atoms with van der Waals surface area (Å²) in [5.41, 5.74) is -0.207. The Kier molecular flexibility index (Phi) is 6.52. The third-order valence-corrected chi connectivity index (χ3v) is 4.37. The van der Waals surface area contributed by atoms with E-state index in [9.17, 15) is 9.59 Å². The van der Waals surface area contributed by atoms with E-state index in [1.54, 1.807) is 0 Å². The average molecular weight is 388 g/mol. The van der Waals surface area contributed by atoms with Gasteiger partial charge in [0.05, 0.1) is 10.6 Å². The maximum atomic E-state index is 12.3. The van der Waals surface area contributed by atoms with Crippen LogP contribution in [0.1, 0.15) is 56.8 Å². The van der Waals surface area contributed by atoms with Crippen LogP contribution < -0.4 is 10.6 Å². The molecule has 138 valence electrons. The molecule has 1 aromatic rings. The van der Waals surface area contributed by atoms with Crippen molar-refractivity contribution in [1.82, 2.24) is 15.6 Å². The lowest BCUT2D eigenvalue weighted by molar-refractivity contribution is 0.0488. The fraction of sp³-hybridized carbons (Fsp3) is 0.588. The lowest BCUT2D eigenvalue weighted by atomic mass is 9.91. The molecule has 1 aromatic heterocycles. The quantitative estimate of drug-likeness (QED) is 0.769. The van der Waals surface area contributed by atoms with Gasteiger partial charge in [-0.3, -0.25) is 4.79 Å². The van der Waals surface area contributed by atoms with E-state index < -0.39 is 11.7 Å². The van der Waals surface area contributed by atoms with Gasteiger partial charge in [0.25, 0.3) is 5.91 Å². The minimum Gasteiger partial charge on any atom is -0.444 e. The number of carbonyl (C=O) groups is 2. The predicted octanol–water partition coefficient (Wildman–Crippen LogP) is 3.95. The van der Waals surface area contributed by atoms with Crippen LogP contribution in [0.25, 0.3) is 0 Å². The minimum absolute atomic E-state index is 0.0379. The molecular weight excluding hydrogens is 365 g/mol. The van der Waals surface area contributed by atoms with Gasteiger partial charge in [-0.25, -0.2) is 9.78 Å². The van der Waals surface area contributed by atoms with Crippen LogP contribution in [-0.2, 0) is 4.74 Å². The monoisotopic (exact) mass is 387 g/mol. The Morgan fingerprint density at radius 1 is 1.12 bits per heavy atom. The first-order valence-electron chi connectivity index (χ1n) is 8.25. The summed E-state index contributed by atoms with van der Waals surface area (Å²) in [5.74, 6) is -0.266. The SMILES string of the molecule is CC(C)(C)OC(=O)NC1CCC(NC(=O)c2cnc(Cl)cc2Cl)CC1. The van der Waals surface area contributed by atoms with Crippen molar-refractivity contribution in [2.24, 2.45) is 0 Å². The zero-order valence-corrected chi connectivity index (χ0v) is 16.1. The molecule has 2 amide bonds. The number of rotatable bonds is 3. The van der Waals surface area contributed by atoms with E-state index in [1.165, 1.54) is 12.3 Å². The lowest BCUT2D eigenvalue weighted by Gasteiger charge is -2.30. The van der Waals surface area contributed by atoms with E-state index >= 15 is 0 Å². The third kappa shape index (κ3) is 6.36. The predicted molar refractivity (Wildman–Crippen MR) is 97.1 cm³/mol. The molecule has 8 heteroatoms. The molecule has 0 aliphatic heterocycles. The Labute approximate surface area is 157 Å². The molecule has 0 spiro atoms. The van der Waals surface area contributed by atoms with Crippen molar-refractivity contribution in [2.75, 3.05) is 0 Å². The number of carbonyl (C=O) groups excluding carboxylic acids is 2. The zero-order valence-electron chi connectivity index (χ0n) is 14.6. The van der Waals surface area contributed by atoms with E-state index in [2.05, 4.69) is 15.6 Å². The van der Waals surface area contributed by atoms with E-state index in [0.717, 1.165) is 25.7 Å². The van der Waals surface area contributed by atoms with E-state index in [0.29, 0.717) is 5.56 Å². The van der Waals surface area contributed by atoms with Crippen molar-refractivity contribution in [1.29, 1.82) is 0 Å². The van der Waals surface area contributed by atoms with Crippen LogP contribution in [0, 0.1) is 0 Å². The molecule has 2 rings (SSSR count). The van der Waals surface area contributed by atoms with Crippen molar-refractivity contribution < 1.29 is 14.3 Å². The van der Waals surface area contributed by atoms with Gasteiger partial charge < -0.3 is 15.4 Å². The van der Waals surface area contributed by atoms with Gasteiger partial charge in [-0.2, -0.15) is 0 Å². The van der Waals surface area contributed by atoms with Crippen molar-refractivity contribution in [2.45, 2.75) is 64.1 Å². The molecule has 2 N–H and O–H groups in total. The second kappa shape index (κ2) is 8.23. The Balaban J connectivity index is 1.80. The Morgan fingerprint density at radius 2 is 1.68 bits per heavy atom. The number of aromatic nitrogens is 1. The maximum absolute atomic E-state index is 12.3. The number of ether oxygens (including phenoxy) is 1. The first-order chi connectivity index (χ1) is 11.6. The molecule has 1 heterocycles. The van der Waals surface area contributed by atoms with Crippen LogP contribution in [0.5, 0.6) is 0 Å². The molecule has 0 bridgehead atoms. The summed E-state index contributed by atoms with van der Waals surface area (Å²) in [5, 5.41) is 6.36. The van der Waals surface area contributed by atoms with Crippen LogP contribution in [0.15, 0.2) is 12.3 Å². The fourth-order valence-corrected chi connectivity index (χ4v) is 3.15. The topological polar surface area (TPSA) is 80.3 Å². The second-order valence-electron chi connectivity index (χ2n) is 7.16. The van der Waals surface area contributed by atoms with Crippen molar-refractivity contribution in [3.8, 4) is 0 Å². The summed E-state index contributed by atoms with van der Waals surface area (Å²) in [4.78, 5) is 28.0. The van der Waals surface area contributed by atoms with E-state index in [4.69, 9.17) is 27.9 Å². The summed E-state index contributed by atoms with van der Waals surface area (Å²) in [6, 6.07) is 1.54. The summed E-state index contributed by atoms with van der Waals surface area (Å²) in [6.07, 6.45) is 4.05. The highest BCUT2D eigenvalue weighted by Crippen LogP contribution is 2.22. The van der Waals surface area contributed by atoms with Crippen LogP contribution in [0.4, 0.5) is 4.79 Å². The molecule has 25 heavy (non-hydrogen) atoms. The summed E-state index contributed by atoms with van der Waals surface area (Å²) in [7, 11) is 0. The van der Waals surface area contributed by atoms with Gasteiger partial charge in [-0.15, -0.1) is 0 Å². The van der Waals surface area contributed by atoms with Gasteiger partial charge in [-0.1, -0.05) is 23.2 Å². The third-order valence-electron chi connectivity index (χ3n) is 3.85. The molecule has 1 saturated carbocycles. The Bertz CT molecular complexity index is 639. The number of hydrogen-bond donors (Lipinski definition) is 2. The molecule has 0 aromatic carbocycles. The molecule has 0 unspecified atom stereocenters. The summed E-state index contributed by atoms with van der Waals surface area (Å²) in [6.45, 7) is 5.49. The number of hydrogen-bond acceptors (Lipinski definition) is 4. The van der Waals surface area contributed by atoms with Gasteiger partial charge in [-0.05, 0) is 52.5 Å². The van der Waals surface area contributed by atoms with Gasteiger partial charge in [0, 0.05) is 18.3 Å². The van der Waals surface area contributed by atoms with Crippen molar-refractivity contribution >= 4 is 35.2 Å². The van der Waals surface area contributed by atoms with Crippen molar-refractivity contribution in [3.05, 3.63) is 28.0 Å². The normalized spacial score (nSPS) is 20.7. The molecule has 0 radical (unpaired) electrons. The maximum Gasteiger partial charge on any atom is 0.407 e. The molecule has 0 saturated heterocycles. The summed E-state index contributed by atoms with van der Waals surface area (Å²) < 4.78 is 5.26. The molecular formula is C17H23Cl2N3O3. The largest absolute Gasteiger partial charge is 0.444 e. The van der Waals surface area contributed by atoms with Gasteiger partial charge in [0.2, 0.25) is 0 Å². The van der Waals surface area contributed by atoms with Crippen LogP contribution >= 0.6 is 23.2 Å². The Morgan fingerprint density at radius 3 is 2.20 bits per heavy atom. The molecule has 0 atom stereocenters. The number of pyridine rings is 1. The smallest absolute Gasteiger partial charge is 0.407 e. The van der Waals surface area contributed by atoms with Gasteiger partial charge in [0.1, 0.15) is 10.8 Å². The minimum atomic E-state index is -0.513. The lowest BCUT2D eigenvalue weighted by Crippen LogP contribution is -2.45. The number of nitrogens with zero attached hydrogens (tertiary/aromatic N) is 1. The van der Waals surface area contributed by atoms with E-state index in [1.807, 2.05) is 20.8 Å². The van der Waals surface area contributed by atoms with E-state index in [-0.39, 0.29) is 28.2 Å². The first-order valence-corrected chi connectivity index (χ1v) is 9.01. The summed E-state index contributed by atoms with van der Waals surface area (Å²) >= 11 is 11.8. The molecule has 1 fully saturated rings. The molecule has 1 aliphatic rings. The highest BCUT2D eigenvalue weighted by atomic mass is 35.5. The Hall–Kier alpha value is -1.53. The van der Waals surface area contributed by atoms with Crippen LogP contribution in [-0.4, -0.2) is 34.7 Å². The van der Waals surface area contributed by atoms with Gasteiger partial charge in [0.15, 0.2) is 0 Å². The number of nitrogens with one attached hydrogen (secondary N) is 2. The number of alkyl carbamates (subject to hydrolysis) is 1. The zero-order chi connectivity index (χ0) is 18.6. The van der Waals surface area contributed by atoms with Crippen LogP contribution in [0.2, 0.25) is 10.2 Å². The highest BCUT2D eigenvalue weighted by Gasteiger charge is 2.26. The molecule has 6 nitrogen and oxygen atoms in total. The fourth-order valence-electron chi connectivity index (χ4n) is 2.69. The molecule has 1 aliphatic carbocycles. The standard InChI is InChI=1S/C17H23Cl2N3O3/c1-17(2,3)25-16(24)22-11-6-4-10(5-7-11)21-15(23)12-9-20-14(19)8-13(12)18/h8-11H,4-7H2,1-3H3,(H,21,23)(H,22,24). The average Bonchev–Trinajstić information content (AvgIpc) is 2.47. The van der Waals surface area contributed by atoms with Crippen molar-refractivity contribution in [3.63, 3.8) is 0 Å². The second-order valence-corrected chi connectivity index (χ2v) is 7.95. The first kappa shape index (κ1) is 19.8.